The molecule has 0 aliphatic carbocycles. The van der Waals surface area contributed by atoms with Crippen LogP contribution in [0.15, 0.2) is 179 Å². The molecule has 9 aromatic carbocycles. The van der Waals surface area contributed by atoms with Crippen LogP contribution in [-0.4, -0.2) is 0 Å². The summed E-state index contributed by atoms with van der Waals surface area (Å²) >= 11 is 0. The Kier molecular flexibility index (Phi) is 5.70. The second-order valence-corrected chi connectivity index (χ2v) is 13.2. The molecule has 2 aromatic heterocycles. The third-order valence-electron chi connectivity index (χ3n) is 10.4. The fourth-order valence-electron chi connectivity index (χ4n) is 8.10. The molecule has 2 heteroatoms. The molecule has 0 bridgehead atoms. The van der Waals surface area contributed by atoms with Crippen molar-refractivity contribution in [2.75, 3.05) is 0 Å². The Labute approximate surface area is 287 Å². The zero-order chi connectivity index (χ0) is 32.8. The Balaban J connectivity index is 1.03. The topological polar surface area (TPSA) is 26.3 Å². The predicted octanol–water partition coefficient (Wildman–Crippen LogP) is 13.9. The molecule has 0 N–H and O–H groups in total. The molecule has 0 saturated heterocycles. The van der Waals surface area contributed by atoms with Crippen molar-refractivity contribution >= 4 is 76.2 Å². The molecule has 2 nitrogen and oxygen atoms in total. The second-order valence-electron chi connectivity index (χ2n) is 13.2. The Morgan fingerprint density at radius 2 is 0.720 bits per heavy atom. The molecule has 0 aliphatic rings. The van der Waals surface area contributed by atoms with Crippen LogP contribution in [0.4, 0.5) is 0 Å². The van der Waals surface area contributed by atoms with Gasteiger partial charge >= 0.3 is 0 Å². The molecule has 0 saturated carbocycles. The summed E-state index contributed by atoms with van der Waals surface area (Å²) in [5.74, 6) is 0. The van der Waals surface area contributed by atoms with Crippen LogP contribution >= 0.6 is 0 Å². The van der Waals surface area contributed by atoms with Gasteiger partial charge in [0.2, 0.25) is 0 Å². The van der Waals surface area contributed by atoms with Crippen LogP contribution in [0.2, 0.25) is 0 Å². The van der Waals surface area contributed by atoms with E-state index in [2.05, 4.69) is 152 Å². The van der Waals surface area contributed by atoms with Gasteiger partial charge in [0.05, 0.1) is 0 Å². The van der Waals surface area contributed by atoms with Gasteiger partial charge < -0.3 is 8.83 Å². The van der Waals surface area contributed by atoms with E-state index in [0.29, 0.717) is 0 Å². The molecule has 0 amide bonds. The minimum Gasteiger partial charge on any atom is -0.456 e. The van der Waals surface area contributed by atoms with Gasteiger partial charge in [0, 0.05) is 27.6 Å². The SMILES string of the molecule is c1ccc2cc(-c3c4ccccc4c(-c4ccc(-c5ccc6c(c5)oc5cc7oc8ccccc8c7cc56)cc4)c4ccccc34)ccc2c1. The van der Waals surface area contributed by atoms with Crippen molar-refractivity contribution < 1.29 is 8.83 Å². The lowest BCUT2D eigenvalue weighted by Crippen LogP contribution is -1.91. The highest BCUT2D eigenvalue weighted by atomic mass is 16.3. The first-order valence-corrected chi connectivity index (χ1v) is 17.1. The largest absolute Gasteiger partial charge is 0.456 e. The lowest BCUT2D eigenvalue weighted by molar-refractivity contribution is 0.656. The van der Waals surface area contributed by atoms with Crippen LogP contribution in [0.1, 0.15) is 0 Å². The van der Waals surface area contributed by atoms with Gasteiger partial charge in [-0.1, -0.05) is 133 Å². The van der Waals surface area contributed by atoms with E-state index in [1.807, 2.05) is 18.2 Å². The Hall–Kier alpha value is -6.64. The third kappa shape index (κ3) is 4.03. The van der Waals surface area contributed by atoms with E-state index in [0.717, 1.165) is 55.0 Å². The fraction of sp³-hybridized carbons (Fsp3) is 0. The van der Waals surface area contributed by atoms with E-state index in [4.69, 9.17) is 8.83 Å². The molecule has 0 fully saturated rings. The first kappa shape index (κ1) is 27.3. The molecular formula is C48H28O2. The summed E-state index contributed by atoms with van der Waals surface area (Å²) in [5.41, 5.74) is 10.7. The first-order valence-electron chi connectivity index (χ1n) is 17.1. The summed E-state index contributed by atoms with van der Waals surface area (Å²) in [5, 5.41) is 12.0. The van der Waals surface area contributed by atoms with Gasteiger partial charge in [-0.3, -0.25) is 0 Å². The second kappa shape index (κ2) is 10.4. The minimum atomic E-state index is 0.838. The summed E-state index contributed by atoms with van der Waals surface area (Å²) in [6.45, 7) is 0. The maximum absolute atomic E-state index is 6.42. The number of benzene rings is 9. The smallest absolute Gasteiger partial charge is 0.139 e. The standard InChI is InChI=1S/C48H28O2/c1-2-10-32-25-34(22-19-29(32)9-1)48-39-14-5-3-12-37(39)47(38-13-4-6-15-40(38)48)31-20-17-30(18-21-31)33-23-24-36-42-27-41-35-11-7-8-16-43(35)49-45(41)28-46(42)50-44(36)26-33/h1-28H. The molecule has 50 heavy (non-hydrogen) atoms. The maximum Gasteiger partial charge on any atom is 0.139 e. The number of para-hydroxylation sites is 1. The maximum atomic E-state index is 6.42. The van der Waals surface area contributed by atoms with E-state index in [9.17, 15) is 0 Å². The fourth-order valence-corrected chi connectivity index (χ4v) is 8.10. The van der Waals surface area contributed by atoms with Crippen LogP contribution in [0.5, 0.6) is 0 Å². The molecule has 0 aliphatic heterocycles. The monoisotopic (exact) mass is 636 g/mol. The van der Waals surface area contributed by atoms with Crippen LogP contribution in [0.25, 0.3) is 110 Å². The number of rotatable bonds is 3. The highest BCUT2D eigenvalue weighted by molar-refractivity contribution is 6.22. The zero-order valence-electron chi connectivity index (χ0n) is 27.0. The molecular weight excluding hydrogens is 609 g/mol. The van der Waals surface area contributed by atoms with Crippen molar-refractivity contribution in [3.8, 4) is 33.4 Å². The third-order valence-corrected chi connectivity index (χ3v) is 10.4. The lowest BCUT2D eigenvalue weighted by Gasteiger charge is -2.18. The van der Waals surface area contributed by atoms with E-state index >= 15 is 0 Å². The minimum absolute atomic E-state index is 0.838. The average Bonchev–Trinajstić information content (AvgIpc) is 3.72. The normalized spacial score (nSPS) is 12.0. The molecule has 232 valence electrons. The molecule has 0 atom stereocenters. The van der Waals surface area contributed by atoms with Crippen molar-refractivity contribution in [1.29, 1.82) is 0 Å². The summed E-state index contributed by atoms with van der Waals surface area (Å²) in [7, 11) is 0. The highest BCUT2D eigenvalue weighted by Gasteiger charge is 2.18. The molecule has 11 rings (SSSR count). The van der Waals surface area contributed by atoms with Crippen molar-refractivity contribution in [3.63, 3.8) is 0 Å². The summed E-state index contributed by atoms with van der Waals surface area (Å²) in [6, 6.07) is 61.1. The quantitative estimate of drug-likeness (QED) is 0.180. The number of fused-ring (bicyclic) bond motifs is 9. The van der Waals surface area contributed by atoms with E-state index < -0.39 is 0 Å². The van der Waals surface area contributed by atoms with Gasteiger partial charge in [0.15, 0.2) is 0 Å². The highest BCUT2D eigenvalue weighted by Crippen LogP contribution is 2.45. The molecule has 0 radical (unpaired) electrons. The first-order chi connectivity index (χ1) is 24.8. The predicted molar refractivity (Wildman–Crippen MR) is 210 cm³/mol. The lowest BCUT2D eigenvalue weighted by atomic mass is 9.85. The Morgan fingerprint density at radius 3 is 1.42 bits per heavy atom. The molecule has 0 spiro atoms. The average molecular weight is 637 g/mol. The van der Waals surface area contributed by atoms with Crippen LogP contribution in [-0.2, 0) is 0 Å². The number of furan rings is 2. The molecule has 11 aromatic rings. The summed E-state index contributed by atoms with van der Waals surface area (Å²) in [4.78, 5) is 0. The van der Waals surface area contributed by atoms with Crippen LogP contribution in [0, 0.1) is 0 Å². The van der Waals surface area contributed by atoms with Crippen molar-refractivity contribution in [3.05, 3.63) is 170 Å². The van der Waals surface area contributed by atoms with Gasteiger partial charge in [-0.2, -0.15) is 0 Å². The summed E-state index contributed by atoms with van der Waals surface area (Å²) in [6.07, 6.45) is 0. The van der Waals surface area contributed by atoms with E-state index in [1.54, 1.807) is 0 Å². The Bertz CT molecular complexity index is 3080. The zero-order valence-corrected chi connectivity index (χ0v) is 27.0. The van der Waals surface area contributed by atoms with Gasteiger partial charge in [-0.15, -0.1) is 0 Å². The Morgan fingerprint density at radius 1 is 0.240 bits per heavy atom. The van der Waals surface area contributed by atoms with Gasteiger partial charge in [0.25, 0.3) is 0 Å². The van der Waals surface area contributed by atoms with Gasteiger partial charge in [0.1, 0.15) is 22.3 Å². The van der Waals surface area contributed by atoms with Crippen molar-refractivity contribution in [2.24, 2.45) is 0 Å². The summed E-state index contributed by atoms with van der Waals surface area (Å²) < 4.78 is 12.6. The van der Waals surface area contributed by atoms with Crippen LogP contribution < -0.4 is 0 Å². The number of hydrogen-bond acceptors (Lipinski definition) is 2. The molecule has 2 heterocycles. The van der Waals surface area contributed by atoms with Gasteiger partial charge in [-0.05, 0) is 96.0 Å². The van der Waals surface area contributed by atoms with Crippen LogP contribution in [0.3, 0.4) is 0 Å². The number of hydrogen-bond donors (Lipinski definition) is 0. The van der Waals surface area contributed by atoms with E-state index in [1.165, 1.54) is 54.6 Å². The van der Waals surface area contributed by atoms with E-state index in [-0.39, 0.29) is 0 Å². The molecule has 0 unspecified atom stereocenters. The van der Waals surface area contributed by atoms with Crippen molar-refractivity contribution in [1.82, 2.24) is 0 Å². The van der Waals surface area contributed by atoms with Crippen molar-refractivity contribution in [2.45, 2.75) is 0 Å². The van der Waals surface area contributed by atoms with Gasteiger partial charge in [-0.25, -0.2) is 0 Å².